The zero-order valence-corrected chi connectivity index (χ0v) is 19.3. The summed E-state index contributed by atoms with van der Waals surface area (Å²) in [5.74, 6) is 1.80. The predicted molar refractivity (Wildman–Crippen MR) is 145 cm³/mol. The first-order chi connectivity index (χ1) is 17.3. The molecule has 3 heterocycles. The minimum Gasteiger partial charge on any atom is -0.453 e. The van der Waals surface area contributed by atoms with Crippen LogP contribution in [0.5, 0.6) is 11.5 Å². The van der Waals surface area contributed by atoms with Gasteiger partial charge in [-0.3, -0.25) is 0 Å². The van der Waals surface area contributed by atoms with E-state index in [0.717, 1.165) is 22.9 Å². The molecule has 4 heteroatoms. The van der Waals surface area contributed by atoms with E-state index in [1.54, 1.807) is 0 Å². The number of nitrogens with zero attached hydrogens (tertiary/aromatic N) is 2. The lowest BCUT2D eigenvalue weighted by Gasteiger charge is -2.46. The van der Waals surface area contributed by atoms with Gasteiger partial charge in [-0.15, -0.1) is 0 Å². The van der Waals surface area contributed by atoms with Crippen molar-refractivity contribution in [2.24, 2.45) is 0 Å². The zero-order valence-electron chi connectivity index (χ0n) is 19.3. The van der Waals surface area contributed by atoms with E-state index in [1.165, 1.54) is 44.7 Å². The number of para-hydroxylation sites is 5. The van der Waals surface area contributed by atoms with Crippen molar-refractivity contribution in [1.82, 2.24) is 0 Å². The van der Waals surface area contributed by atoms with Crippen molar-refractivity contribution in [2.45, 2.75) is 6.92 Å². The normalized spacial score (nSPS) is 13.9. The fourth-order valence-corrected chi connectivity index (χ4v) is 6.17. The Balaban J connectivity index is 1.52. The van der Waals surface area contributed by atoms with Gasteiger partial charge in [0.05, 0.1) is 11.4 Å². The summed E-state index contributed by atoms with van der Waals surface area (Å²) in [5, 5.41) is 0. The molecule has 5 aromatic rings. The average molecular weight is 448 g/mol. The third kappa shape index (κ3) is 2.41. The van der Waals surface area contributed by atoms with Gasteiger partial charge in [-0.25, -0.2) is 0 Å². The quantitative estimate of drug-likeness (QED) is 0.279. The molecular weight excluding hydrogens is 427 g/mol. The predicted octanol–water partition coefficient (Wildman–Crippen LogP) is 6.18. The summed E-state index contributed by atoms with van der Waals surface area (Å²) in [4.78, 5) is 4.86. The van der Waals surface area contributed by atoms with Crippen LogP contribution < -0.4 is 30.9 Å². The van der Waals surface area contributed by atoms with Crippen molar-refractivity contribution >= 4 is 57.2 Å². The van der Waals surface area contributed by atoms with E-state index in [1.807, 2.05) is 6.07 Å². The van der Waals surface area contributed by atoms with E-state index < -0.39 is 0 Å². The number of anilines is 6. The van der Waals surface area contributed by atoms with Crippen molar-refractivity contribution in [2.75, 3.05) is 9.80 Å². The third-order valence-corrected chi connectivity index (χ3v) is 7.54. The van der Waals surface area contributed by atoms with Crippen LogP contribution >= 0.6 is 0 Å². The smallest absolute Gasteiger partial charge is 0.252 e. The number of hydrogen-bond donors (Lipinski definition) is 0. The number of benzene rings is 5. The number of aryl methyl sites for hydroxylation is 1. The van der Waals surface area contributed by atoms with Crippen LogP contribution in [0.2, 0.25) is 0 Å². The first kappa shape index (κ1) is 18.9. The molecule has 3 aliphatic heterocycles. The van der Waals surface area contributed by atoms with Crippen LogP contribution in [0.4, 0.5) is 34.1 Å². The number of ether oxygens (including phenoxy) is 1. The molecule has 0 radical (unpaired) electrons. The number of hydrogen-bond acceptors (Lipinski definition) is 3. The lowest BCUT2D eigenvalue weighted by molar-refractivity contribution is 0.477. The van der Waals surface area contributed by atoms with Crippen molar-refractivity contribution < 1.29 is 4.74 Å². The Morgan fingerprint density at radius 2 is 1.26 bits per heavy atom. The summed E-state index contributed by atoms with van der Waals surface area (Å²) >= 11 is 0. The molecule has 0 saturated heterocycles. The molecule has 0 spiro atoms. The van der Waals surface area contributed by atoms with Gasteiger partial charge in [0.15, 0.2) is 11.5 Å². The van der Waals surface area contributed by atoms with Gasteiger partial charge in [0.1, 0.15) is 0 Å². The van der Waals surface area contributed by atoms with Crippen molar-refractivity contribution in [1.29, 1.82) is 0 Å². The summed E-state index contributed by atoms with van der Waals surface area (Å²) in [7, 11) is 0. The van der Waals surface area contributed by atoms with Crippen molar-refractivity contribution in [3.05, 3.63) is 115 Å². The summed E-state index contributed by atoms with van der Waals surface area (Å²) in [6.07, 6.45) is 0. The molecule has 0 aliphatic carbocycles. The van der Waals surface area contributed by atoms with E-state index in [4.69, 9.17) is 4.74 Å². The first-order valence-electron chi connectivity index (χ1n) is 12.1. The van der Waals surface area contributed by atoms with Crippen LogP contribution in [-0.2, 0) is 0 Å². The Hall–Kier alpha value is -4.44. The summed E-state index contributed by atoms with van der Waals surface area (Å²) in [6.45, 7) is 2.37. The number of rotatable bonds is 1. The summed E-state index contributed by atoms with van der Waals surface area (Å²) < 4.78 is 6.43. The maximum absolute atomic E-state index is 6.43. The minimum absolute atomic E-state index is 0.135. The Bertz CT molecular complexity index is 1660. The monoisotopic (exact) mass is 448 g/mol. The topological polar surface area (TPSA) is 15.7 Å². The van der Waals surface area contributed by atoms with Gasteiger partial charge in [0.2, 0.25) is 0 Å². The number of fused-ring (bicyclic) bond motifs is 6. The van der Waals surface area contributed by atoms with Gasteiger partial charge < -0.3 is 14.5 Å². The van der Waals surface area contributed by atoms with Gasteiger partial charge >= 0.3 is 0 Å². The molecule has 0 N–H and O–H groups in total. The van der Waals surface area contributed by atoms with Crippen molar-refractivity contribution in [3.8, 4) is 11.5 Å². The largest absolute Gasteiger partial charge is 0.453 e. The zero-order chi connectivity index (χ0) is 23.1. The van der Waals surface area contributed by atoms with E-state index >= 15 is 0 Å². The van der Waals surface area contributed by atoms with Crippen LogP contribution in [0.15, 0.2) is 109 Å². The van der Waals surface area contributed by atoms with E-state index in [0.29, 0.717) is 0 Å². The molecule has 0 amide bonds. The average Bonchev–Trinajstić information content (AvgIpc) is 2.91. The van der Waals surface area contributed by atoms with Gasteiger partial charge in [0, 0.05) is 22.7 Å². The lowest BCUT2D eigenvalue weighted by atomic mass is 9.33. The fraction of sp³-hybridized carbons (Fsp3) is 0.0323. The molecule has 164 valence electrons. The molecule has 0 aromatic heterocycles. The molecule has 0 bridgehead atoms. The maximum atomic E-state index is 6.43. The molecule has 35 heavy (non-hydrogen) atoms. The molecule has 0 saturated carbocycles. The van der Waals surface area contributed by atoms with Crippen LogP contribution in [0.25, 0.3) is 0 Å². The molecule has 0 atom stereocenters. The highest BCUT2D eigenvalue weighted by Crippen LogP contribution is 2.52. The fourth-order valence-electron chi connectivity index (χ4n) is 6.17. The first-order valence-corrected chi connectivity index (χ1v) is 12.1. The van der Waals surface area contributed by atoms with Gasteiger partial charge in [-0.1, -0.05) is 66.7 Å². The molecule has 8 rings (SSSR count). The van der Waals surface area contributed by atoms with Gasteiger partial charge in [0.25, 0.3) is 6.71 Å². The second-order valence-electron chi connectivity index (χ2n) is 9.43. The Morgan fingerprint density at radius 3 is 2.14 bits per heavy atom. The molecular formula is C31H21BN2O. The maximum Gasteiger partial charge on any atom is 0.252 e. The SMILES string of the molecule is Cc1ccc2c3c1N(c1ccccc1)c1ccccc1B3c1cccc3c1N2c1ccccc1O3. The second-order valence-corrected chi connectivity index (χ2v) is 9.43. The molecule has 5 aromatic carbocycles. The Kier molecular flexibility index (Phi) is 3.68. The van der Waals surface area contributed by atoms with Crippen LogP contribution in [-0.4, -0.2) is 6.71 Å². The van der Waals surface area contributed by atoms with Crippen molar-refractivity contribution in [3.63, 3.8) is 0 Å². The van der Waals surface area contributed by atoms with Crippen LogP contribution in [0.3, 0.4) is 0 Å². The standard InChI is InChI=1S/C31H21BN2O/c1-20-18-19-26-29-30(20)33(21-10-3-2-4-11-21)24-14-6-5-12-22(24)32(29)23-13-9-17-28-31(23)34(26)25-15-7-8-16-27(25)35-28/h2-19H,1H3. The minimum atomic E-state index is 0.135. The third-order valence-electron chi connectivity index (χ3n) is 7.54. The van der Waals surface area contributed by atoms with E-state index in [-0.39, 0.29) is 6.71 Å². The highest BCUT2D eigenvalue weighted by Gasteiger charge is 2.45. The van der Waals surface area contributed by atoms with E-state index in [2.05, 4.69) is 120 Å². The second kappa shape index (κ2) is 6.80. The molecule has 0 fully saturated rings. The highest BCUT2D eigenvalue weighted by molar-refractivity contribution is 7.00. The van der Waals surface area contributed by atoms with Crippen LogP contribution in [0, 0.1) is 6.92 Å². The van der Waals surface area contributed by atoms with Gasteiger partial charge in [-0.2, -0.15) is 0 Å². The summed E-state index contributed by atoms with van der Waals surface area (Å²) in [6, 6.07) is 39.0. The molecule has 3 aliphatic rings. The highest BCUT2D eigenvalue weighted by atomic mass is 16.5. The lowest BCUT2D eigenvalue weighted by Crippen LogP contribution is -2.61. The Labute approximate surface area is 204 Å². The van der Waals surface area contributed by atoms with Crippen LogP contribution in [0.1, 0.15) is 5.56 Å². The molecule has 0 unspecified atom stereocenters. The summed E-state index contributed by atoms with van der Waals surface area (Å²) in [5.41, 5.74) is 12.4. The van der Waals surface area contributed by atoms with Gasteiger partial charge in [-0.05, 0) is 71.3 Å². The Morgan fingerprint density at radius 1 is 0.543 bits per heavy atom. The molecule has 3 nitrogen and oxygen atoms in total. The van der Waals surface area contributed by atoms with E-state index in [9.17, 15) is 0 Å².